The summed E-state index contributed by atoms with van der Waals surface area (Å²) in [6.45, 7) is 2.02. The van der Waals surface area contributed by atoms with Gasteiger partial charge in [-0.1, -0.05) is 41.4 Å². The summed E-state index contributed by atoms with van der Waals surface area (Å²) in [4.78, 5) is 23.7. The summed E-state index contributed by atoms with van der Waals surface area (Å²) in [5, 5.41) is 12.6. The molecule has 0 aromatic heterocycles. The fourth-order valence-corrected chi connectivity index (χ4v) is 2.92. The fraction of sp³-hybridized carbons (Fsp3) is 0.300. The van der Waals surface area contributed by atoms with E-state index in [0.717, 1.165) is 11.1 Å². The number of aliphatic carboxylic acids is 1. The maximum absolute atomic E-state index is 12.2. The van der Waals surface area contributed by atoms with Gasteiger partial charge in [0.25, 0.3) is 0 Å². The number of amides is 1. The Morgan fingerprint density at radius 3 is 2.65 bits per heavy atom. The highest BCUT2D eigenvalue weighted by Crippen LogP contribution is 2.23. The third-order valence-electron chi connectivity index (χ3n) is 4.05. The molecule has 2 aromatic carbocycles. The number of carbonyl (C=O) groups is 2. The minimum atomic E-state index is -0.938. The Morgan fingerprint density at radius 2 is 2.00 bits per heavy atom. The largest absolute Gasteiger partial charge is 0.496 e. The van der Waals surface area contributed by atoms with Crippen LogP contribution in [-0.4, -0.2) is 30.6 Å². The number of methoxy groups -OCH3 is 1. The maximum atomic E-state index is 12.2. The minimum Gasteiger partial charge on any atom is -0.496 e. The third kappa shape index (κ3) is 5.77. The van der Waals surface area contributed by atoms with Crippen molar-refractivity contribution in [2.75, 3.05) is 13.7 Å². The van der Waals surface area contributed by atoms with E-state index in [1.54, 1.807) is 18.2 Å². The summed E-state index contributed by atoms with van der Waals surface area (Å²) in [6.07, 6.45) is 0.429. The summed E-state index contributed by atoms with van der Waals surface area (Å²) in [6, 6.07) is 12.7. The van der Waals surface area contributed by atoms with Crippen molar-refractivity contribution in [3.8, 4) is 5.75 Å². The van der Waals surface area contributed by atoms with Crippen LogP contribution >= 0.6 is 11.6 Å². The smallest absolute Gasteiger partial charge is 0.308 e. The summed E-state index contributed by atoms with van der Waals surface area (Å²) in [5.41, 5.74) is 2.66. The number of ether oxygens (including phenoxy) is 1. The molecule has 138 valence electrons. The minimum absolute atomic E-state index is 0.0605. The third-order valence-corrected chi connectivity index (χ3v) is 4.29. The van der Waals surface area contributed by atoms with Crippen LogP contribution in [0.25, 0.3) is 0 Å². The van der Waals surface area contributed by atoms with Crippen molar-refractivity contribution in [1.82, 2.24) is 5.32 Å². The van der Waals surface area contributed by atoms with Crippen molar-refractivity contribution in [2.24, 2.45) is 5.92 Å². The lowest BCUT2D eigenvalue weighted by atomic mass is 9.98. The van der Waals surface area contributed by atoms with Crippen molar-refractivity contribution in [3.63, 3.8) is 0 Å². The molecule has 2 N–H and O–H groups in total. The fourth-order valence-electron chi connectivity index (χ4n) is 2.73. The van der Waals surface area contributed by atoms with Gasteiger partial charge in [-0.15, -0.1) is 0 Å². The molecule has 0 aliphatic heterocycles. The van der Waals surface area contributed by atoms with Crippen LogP contribution in [0.3, 0.4) is 0 Å². The van der Waals surface area contributed by atoms with E-state index in [1.165, 1.54) is 7.11 Å². The van der Waals surface area contributed by atoms with E-state index < -0.39 is 11.9 Å². The normalized spacial score (nSPS) is 11.7. The van der Waals surface area contributed by atoms with E-state index in [9.17, 15) is 14.7 Å². The van der Waals surface area contributed by atoms with E-state index in [4.69, 9.17) is 16.3 Å². The second kappa shape index (κ2) is 9.25. The zero-order valence-corrected chi connectivity index (χ0v) is 15.5. The number of rotatable bonds is 8. The lowest BCUT2D eigenvalue weighted by molar-refractivity contribution is -0.141. The number of carboxylic acids is 1. The molecule has 0 aliphatic rings. The second-order valence-corrected chi connectivity index (χ2v) is 6.60. The Bertz CT molecular complexity index is 791. The summed E-state index contributed by atoms with van der Waals surface area (Å²) in [7, 11) is 1.52. The van der Waals surface area contributed by atoms with Gasteiger partial charge < -0.3 is 15.2 Å². The van der Waals surface area contributed by atoms with Gasteiger partial charge in [0.1, 0.15) is 5.75 Å². The summed E-state index contributed by atoms with van der Waals surface area (Å²) >= 11 is 5.96. The topological polar surface area (TPSA) is 75.6 Å². The standard InChI is InChI=1S/C20H22ClNO4/c1-13-4-3-5-14(8-13)9-16(20(24)25)12-22-19(23)11-15-10-17(21)6-7-18(15)26-2/h3-8,10,16H,9,11-12H2,1-2H3,(H,22,23)(H,24,25). The van der Waals surface area contributed by atoms with Crippen LogP contribution in [0.2, 0.25) is 5.02 Å². The van der Waals surface area contributed by atoms with Gasteiger partial charge in [-0.2, -0.15) is 0 Å². The highest BCUT2D eigenvalue weighted by atomic mass is 35.5. The first-order valence-electron chi connectivity index (χ1n) is 8.26. The molecule has 0 aliphatic carbocycles. The van der Waals surface area contributed by atoms with Gasteiger partial charge in [0, 0.05) is 17.1 Å². The van der Waals surface area contributed by atoms with Crippen molar-refractivity contribution in [1.29, 1.82) is 0 Å². The summed E-state index contributed by atoms with van der Waals surface area (Å²) < 4.78 is 5.22. The molecule has 1 atom stereocenters. The zero-order chi connectivity index (χ0) is 19.1. The monoisotopic (exact) mass is 375 g/mol. The first-order chi connectivity index (χ1) is 12.4. The van der Waals surface area contributed by atoms with Crippen molar-refractivity contribution >= 4 is 23.5 Å². The van der Waals surface area contributed by atoms with E-state index in [-0.39, 0.29) is 18.9 Å². The molecule has 0 saturated heterocycles. The summed E-state index contributed by atoms with van der Waals surface area (Å²) in [5.74, 6) is -1.34. The number of halogens is 1. The van der Waals surface area contributed by atoms with Crippen LogP contribution in [-0.2, 0) is 22.4 Å². The molecule has 5 nitrogen and oxygen atoms in total. The maximum Gasteiger partial charge on any atom is 0.308 e. The quantitative estimate of drug-likeness (QED) is 0.742. The van der Waals surface area contributed by atoms with Gasteiger partial charge >= 0.3 is 5.97 Å². The number of hydrogen-bond acceptors (Lipinski definition) is 3. The molecular weight excluding hydrogens is 354 g/mol. The van der Waals surface area contributed by atoms with Crippen LogP contribution < -0.4 is 10.1 Å². The lowest BCUT2D eigenvalue weighted by Gasteiger charge is -2.15. The predicted molar refractivity (Wildman–Crippen MR) is 101 cm³/mol. The number of carbonyl (C=O) groups excluding carboxylic acids is 1. The van der Waals surface area contributed by atoms with Crippen molar-refractivity contribution in [2.45, 2.75) is 19.8 Å². The van der Waals surface area contributed by atoms with Crippen LogP contribution in [0.5, 0.6) is 5.75 Å². The molecule has 1 amide bonds. The van der Waals surface area contributed by atoms with E-state index in [2.05, 4.69) is 5.32 Å². The second-order valence-electron chi connectivity index (χ2n) is 6.17. The lowest BCUT2D eigenvalue weighted by Crippen LogP contribution is -2.35. The molecule has 0 radical (unpaired) electrons. The molecular formula is C20H22ClNO4. The van der Waals surface area contributed by atoms with Crippen LogP contribution in [0.15, 0.2) is 42.5 Å². The average molecular weight is 376 g/mol. The van der Waals surface area contributed by atoms with Gasteiger partial charge in [0.15, 0.2) is 0 Å². The Kier molecular flexibility index (Phi) is 7.04. The molecule has 0 bridgehead atoms. The molecule has 0 spiro atoms. The van der Waals surface area contributed by atoms with Gasteiger partial charge in [-0.25, -0.2) is 0 Å². The molecule has 2 rings (SSSR count). The van der Waals surface area contributed by atoms with Crippen molar-refractivity contribution < 1.29 is 19.4 Å². The number of aryl methyl sites for hydroxylation is 1. The highest BCUT2D eigenvalue weighted by Gasteiger charge is 2.19. The number of benzene rings is 2. The van der Waals surface area contributed by atoms with Crippen LogP contribution in [0.4, 0.5) is 0 Å². The predicted octanol–water partition coefficient (Wildman–Crippen LogP) is 3.26. The molecule has 0 heterocycles. The van der Waals surface area contributed by atoms with Gasteiger partial charge in [0.05, 0.1) is 19.4 Å². The molecule has 6 heteroatoms. The first kappa shape index (κ1) is 19.8. The Labute approximate surface area is 157 Å². The first-order valence-corrected chi connectivity index (χ1v) is 8.64. The van der Waals surface area contributed by atoms with Gasteiger partial charge in [-0.3, -0.25) is 9.59 Å². The Balaban J connectivity index is 1.97. The Morgan fingerprint density at radius 1 is 1.23 bits per heavy atom. The average Bonchev–Trinajstić information content (AvgIpc) is 2.58. The number of carboxylic acid groups (broad SMARTS) is 1. The molecule has 1 unspecified atom stereocenters. The zero-order valence-electron chi connectivity index (χ0n) is 14.8. The van der Waals surface area contributed by atoms with Crippen molar-refractivity contribution in [3.05, 3.63) is 64.2 Å². The van der Waals surface area contributed by atoms with Crippen LogP contribution in [0.1, 0.15) is 16.7 Å². The van der Waals surface area contributed by atoms with E-state index in [0.29, 0.717) is 22.8 Å². The molecule has 0 saturated carbocycles. The molecule has 2 aromatic rings. The van der Waals surface area contributed by atoms with Gasteiger partial charge in [0.2, 0.25) is 5.91 Å². The van der Waals surface area contributed by atoms with E-state index in [1.807, 2.05) is 31.2 Å². The highest BCUT2D eigenvalue weighted by molar-refractivity contribution is 6.30. The van der Waals surface area contributed by atoms with Gasteiger partial charge in [-0.05, 0) is 37.1 Å². The van der Waals surface area contributed by atoms with Crippen LogP contribution in [0, 0.1) is 12.8 Å². The van der Waals surface area contributed by atoms with E-state index >= 15 is 0 Å². The number of nitrogens with one attached hydrogen (secondary N) is 1. The molecule has 0 fully saturated rings. The molecule has 26 heavy (non-hydrogen) atoms. The SMILES string of the molecule is COc1ccc(Cl)cc1CC(=O)NCC(Cc1cccc(C)c1)C(=O)O. The number of hydrogen-bond donors (Lipinski definition) is 2. The Hall–Kier alpha value is -2.53.